The van der Waals surface area contributed by atoms with E-state index >= 15 is 0 Å². The Morgan fingerprint density at radius 1 is 1.16 bits per heavy atom. The van der Waals surface area contributed by atoms with Crippen molar-refractivity contribution >= 4 is 21.9 Å². The van der Waals surface area contributed by atoms with Crippen LogP contribution in [-0.2, 0) is 19.6 Å². The molecule has 1 amide bonds. The number of nitrogens with zero attached hydrogens (tertiary/aromatic N) is 3. The zero-order chi connectivity index (χ0) is 23.3. The third-order valence-electron chi connectivity index (χ3n) is 5.16. The van der Waals surface area contributed by atoms with Gasteiger partial charge in [0.05, 0.1) is 19.5 Å². The molecule has 0 bridgehead atoms. The van der Waals surface area contributed by atoms with E-state index in [4.69, 9.17) is 14.6 Å². The Bertz CT molecular complexity index is 871. The number of pyridine rings is 1. The van der Waals surface area contributed by atoms with Gasteiger partial charge in [-0.1, -0.05) is 0 Å². The molecule has 1 N–H and O–H groups in total. The fourth-order valence-corrected chi connectivity index (χ4v) is 4.32. The summed E-state index contributed by atoms with van der Waals surface area (Å²) in [6.45, 7) is 3.08. The summed E-state index contributed by atoms with van der Waals surface area (Å²) >= 11 is 0. The van der Waals surface area contributed by atoms with Gasteiger partial charge in [-0.05, 0) is 25.0 Å². The highest BCUT2D eigenvalue weighted by Gasteiger charge is 2.41. The maximum atomic E-state index is 12.5. The van der Waals surface area contributed by atoms with Crippen molar-refractivity contribution in [3.63, 3.8) is 0 Å². The molecule has 174 valence electrons. The van der Waals surface area contributed by atoms with Crippen LogP contribution in [0.25, 0.3) is 0 Å². The Morgan fingerprint density at radius 3 is 2.19 bits per heavy atom. The molecule has 0 radical (unpaired) electrons. The number of halogens is 3. The first-order valence-corrected chi connectivity index (χ1v) is 11.2. The predicted molar refractivity (Wildman–Crippen MR) is 103 cm³/mol. The van der Waals surface area contributed by atoms with Gasteiger partial charge in [-0.2, -0.15) is 17.5 Å². The first-order valence-electron chi connectivity index (χ1n) is 9.36. The number of amides is 1. The number of rotatable bonds is 2. The Kier molecular flexibility index (Phi) is 8.00. The highest BCUT2D eigenvalue weighted by atomic mass is 32.2. The molecule has 3 heterocycles. The lowest BCUT2D eigenvalue weighted by atomic mass is 9.79. The van der Waals surface area contributed by atoms with Crippen LogP contribution in [0.15, 0.2) is 24.5 Å². The first-order chi connectivity index (χ1) is 14.3. The summed E-state index contributed by atoms with van der Waals surface area (Å²) in [5.74, 6) is -2.76. The summed E-state index contributed by atoms with van der Waals surface area (Å²) in [4.78, 5) is 27.2. The molecule has 0 atom stereocenters. The summed E-state index contributed by atoms with van der Waals surface area (Å²) in [6, 6.07) is 3.43. The van der Waals surface area contributed by atoms with E-state index in [2.05, 4.69) is 4.98 Å². The number of carboxylic acid groups (broad SMARTS) is 1. The van der Waals surface area contributed by atoms with Gasteiger partial charge in [0.2, 0.25) is 10.0 Å². The number of hydrogen-bond donors (Lipinski definition) is 1. The van der Waals surface area contributed by atoms with E-state index in [1.807, 2.05) is 4.90 Å². The van der Waals surface area contributed by atoms with Crippen molar-refractivity contribution in [2.24, 2.45) is 5.41 Å². The van der Waals surface area contributed by atoms with Crippen LogP contribution in [0, 0.1) is 5.41 Å². The standard InChI is InChI=1S/C16H23N3O4S.C2HF3O2/c1-24(21,22)19-10-11-23-13-16(12-19)4-8-18(9-5-16)15(20)14-2-6-17-7-3-14;3-2(4,5)1(6)7/h2-3,6-7H,4-5,8-13H2,1H3;(H,6,7). The van der Waals surface area contributed by atoms with Gasteiger partial charge >= 0.3 is 12.1 Å². The number of piperidine rings is 1. The minimum Gasteiger partial charge on any atom is -0.475 e. The number of carbonyl (C=O) groups excluding carboxylic acids is 1. The quantitative estimate of drug-likeness (QED) is 0.695. The molecular formula is C18H24F3N3O6S. The fourth-order valence-electron chi connectivity index (χ4n) is 3.40. The van der Waals surface area contributed by atoms with E-state index in [0.717, 1.165) is 12.8 Å². The fraction of sp³-hybridized carbons (Fsp3) is 0.611. The first kappa shape index (κ1) is 25.0. The van der Waals surface area contributed by atoms with Crippen molar-refractivity contribution in [3.8, 4) is 0 Å². The summed E-state index contributed by atoms with van der Waals surface area (Å²) in [7, 11) is -3.23. The monoisotopic (exact) mass is 467 g/mol. The molecule has 9 nitrogen and oxygen atoms in total. The Hall–Kier alpha value is -2.25. The second-order valence-corrected chi connectivity index (χ2v) is 9.46. The van der Waals surface area contributed by atoms with Crippen LogP contribution >= 0.6 is 0 Å². The minimum absolute atomic E-state index is 0.00163. The summed E-state index contributed by atoms with van der Waals surface area (Å²) in [5, 5.41) is 7.12. The van der Waals surface area contributed by atoms with Crippen molar-refractivity contribution in [3.05, 3.63) is 30.1 Å². The van der Waals surface area contributed by atoms with Gasteiger partial charge in [0.25, 0.3) is 5.91 Å². The molecule has 0 aliphatic carbocycles. The number of ether oxygens (including phenoxy) is 1. The number of carboxylic acids is 1. The van der Waals surface area contributed by atoms with Crippen LogP contribution in [-0.4, -0.2) is 91.4 Å². The van der Waals surface area contributed by atoms with Crippen molar-refractivity contribution < 1.29 is 41.0 Å². The van der Waals surface area contributed by atoms with Gasteiger partial charge in [0, 0.05) is 49.6 Å². The Labute approximate surface area is 177 Å². The SMILES string of the molecule is CS(=O)(=O)N1CCOCC2(CCN(C(=O)c3ccncc3)CC2)C1.O=C(O)C(F)(F)F. The molecule has 1 aromatic heterocycles. The highest BCUT2D eigenvalue weighted by molar-refractivity contribution is 7.88. The second kappa shape index (κ2) is 9.92. The highest BCUT2D eigenvalue weighted by Crippen LogP contribution is 2.35. The molecule has 0 aromatic carbocycles. The number of hydrogen-bond acceptors (Lipinski definition) is 6. The van der Waals surface area contributed by atoms with Crippen LogP contribution in [0.2, 0.25) is 0 Å². The number of aromatic nitrogens is 1. The smallest absolute Gasteiger partial charge is 0.475 e. The molecule has 3 rings (SSSR count). The topological polar surface area (TPSA) is 117 Å². The maximum Gasteiger partial charge on any atom is 0.490 e. The number of aliphatic carboxylic acids is 1. The molecule has 2 aliphatic rings. The zero-order valence-electron chi connectivity index (χ0n) is 16.8. The van der Waals surface area contributed by atoms with Crippen molar-refractivity contribution in [1.82, 2.24) is 14.2 Å². The normalized spacial score (nSPS) is 19.8. The van der Waals surface area contributed by atoms with Crippen molar-refractivity contribution in [1.29, 1.82) is 0 Å². The van der Waals surface area contributed by atoms with Gasteiger partial charge < -0.3 is 14.7 Å². The number of sulfonamides is 1. The Balaban J connectivity index is 0.000000423. The van der Waals surface area contributed by atoms with E-state index in [0.29, 0.717) is 45.0 Å². The molecule has 0 saturated carbocycles. The van der Waals surface area contributed by atoms with Crippen molar-refractivity contribution in [2.75, 3.05) is 45.6 Å². The van der Waals surface area contributed by atoms with E-state index in [1.165, 1.54) is 10.6 Å². The van der Waals surface area contributed by atoms with E-state index in [1.54, 1.807) is 24.5 Å². The lowest BCUT2D eigenvalue weighted by molar-refractivity contribution is -0.192. The summed E-state index contributed by atoms with van der Waals surface area (Å²) < 4.78 is 62.8. The minimum atomic E-state index is -5.08. The maximum absolute atomic E-state index is 12.5. The number of carbonyl (C=O) groups is 2. The second-order valence-electron chi connectivity index (χ2n) is 7.48. The average molecular weight is 467 g/mol. The average Bonchev–Trinajstić information content (AvgIpc) is 2.91. The molecule has 13 heteroatoms. The molecule has 0 unspecified atom stereocenters. The lowest BCUT2D eigenvalue weighted by Crippen LogP contribution is -2.49. The van der Waals surface area contributed by atoms with Gasteiger partial charge in [-0.15, -0.1) is 0 Å². The molecule has 2 aliphatic heterocycles. The molecular weight excluding hydrogens is 443 g/mol. The van der Waals surface area contributed by atoms with Crippen LogP contribution in [0.5, 0.6) is 0 Å². The van der Waals surface area contributed by atoms with E-state index < -0.39 is 22.2 Å². The number of alkyl halides is 3. The van der Waals surface area contributed by atoms with Gasteiger partial charge in [0.15, 0.2) is 0 Å². The molecule has 1 spiro atoms. The lowest BCUT2D eigenvalue weighted by Gasteiger charge is -2.42. The largest absolute Gasteiger partial charge is 0.490 e. The van der Waals surface area contributed by atoms with E-state index in [9.17, 15) is 26.4 Å². The number of likely N-dealkylation sites (tertiary alicyclic amines) is 1. The van der Waals surface area contributed by atoms with Crippen LogP contribution < -0.4 is 0 Å². The van der Waals surface area contributed by atoms with E-state index in [-0.39, 0.29) is 11.3 Å². The summed E-state index contributed by atoms with van der Waals surface area (Å²) in [6.07, 6.45) is 0.878. The van der Waals surface area contributed by atoms with Crippen LogP contribution in [0.3, 0.4) is 0 Å². The Morgan fingerprint density at radius 2 is 1.71 bits per heavy atom. The van der Waals surface area contributed by atoms with Crippen molar-refractivity contribution in [2.45, 2.75) is 19.0 Å². The molecule has 31 heavy (non-hydrogen) atoms. The van der Waals surface area contributed by atoms with Gasteiger partial charge in [-0.25, -0.2) is 13.2 Å². The third kappa shape index (κ3) is 7.14. The van der Waals surface area contributed by atoms with Gasteiger partial charge in [0.1, 0.15) is 0 Å². The summed E-state index contributed by atoms with van der Waals surface area (Å²) in [5.41, 5.74) is 0.435. The van der Waals surface area contributed by atoms with Crippen LogP contribution in [0.1, 0.15) is 23.2 Å². The zero-order valence-corrected chi connectivity index (χ0v) is 17.7. The van der Waals surface area contributed by atoms with Crippen LogP contribution in [0.4, 0.5) is 13.2 Å². The molecule has 2 fully saturated rings. The third-order valence-corrected chi connectivity index (χ3v) is 6.40. The predicted octanol–water partition coefficient (Wildman–Crippen LogP) is 1.23. The van der Waals surface area contributed by atoms with Gasteiger partial charge in [-0.3, -0.25) is 9.78 Å². The molecule has 2 saturated heterocycles. The molecule has 1 aromatic rings.